The number of carbonyl (C=O) groups excluding carboxylic acids is 2. The molecule has 0 aromatic carbocycles. The van der Waals surface area contributed by atoms with Gasteiger partial charge in [0.15, 0.2) is 0 Å². The standard InChI is InChI=1S/C10H11N3O2S/c14-9(5-13-7-16-6-10(13)15)12-8-3-1-2-4-11-8/h1-4H,5-7H2,(H,11,12,14). The number of pyridine rings is 1. The maximum atomic E-state index is 11.6. The van der Waals surface area contributed by atoms with Gasteiger partial charge in [0.25, 0.3) is 0 Å². The molecule has 16 heavy (non-hydrogen) atoms. The largest absolute Gasteiger partial charge is 0.323 e. The van der Waals surface area contributed by atoms with Gasteiger partial charge in [-0.1, -0.05) is 6.07 Å². The highest BCUT2D eigenvalue weighted by Crippen LogP contribution is 2.14. The second-order valence-corrected chi connectivity index (χ2v) is 4.29. The number of anilines is 1. The summed E-state index contributed by atoms with van der Waals surface area (Å²) in [6, 6.07) is 5.27. The fraction of sp³-hybridized carbons (Fsp3) is 0.300. The van der Waals surface area contributed by atoms with Crippen molar-refractivity contribution in [2.24, 2.45) is 0 Å². The van der Waals surface area contributed by atoms with Crippen LogP contribution in [0.5, 0.6) is 0 Å². The molecule has 0 aliphatic carbocycles. The Balaban J connectivity index is 1.87. The van der Waals surface area contributed by atoms with Gasteiger partial charge in [-0.2, -0.15) is 0 Å². The van der Waals surface area contributed by atoms with Gasteiger partial charge in [0.2, 0.25) is 11.8 Å². The van der Waals surface area contributed by atoms with Gasteiger partial charge in [-0.05, 0) is 12.1 Å². The molecule has 0 radical (unpaired) electrons. The number of nitrogens with one attached hydrogen (secondary N) is 1. The minimum Gasteiger partial charge on any atom is -0.323 e. The quantitative estimate of drug-likeness (QED) is 0.834. The first-order valence-electron chi connectivity index (χ1n) is 4.82. The van der Waals surface area contributed by atoms with Crippen molar-refractivity contribution in [2.75, 3.05) is 23.5 Å². The van der Waals surface area contributed by atoms with Gasteiger partial charge in [-0.3, -0.25) is 9.59 Å². The smallest absolute Gasteiger partial charge is 0.245 e. The molecule has 1 aliphatic rings. The summed E-state index contributed by atoms with van der Waals surface area (Å²) in [6.07, 6.45) is 1.60. The summed E-state index contributed by atoms with van der Waals surface area (Å²) in [5, 5.41) is 2.64. The van der Waals surface area contributed by atoms with E-state index in [1.54, 1.807) is 24.4 Å². The summed E-state index contributed by atoms with van der Waals surface area (Å²) in [4.78, 5) is 28.3. The lowest BCUT2D eigenvalue weighted by atomic mass is 10.4. The Morgan fingerprint density at radius 2 is 2.44 bits per heavy atom. The summed E-state index contributed by atoms with van der Waals surface area (Å²) >= 11 is 1.52. The van der Waals surface area contributed by atoms with Gasteiger partial charge in [0, 0.05) is 6.20 Å². The molecule has 2 rings (SSSR count). The number of nitrogens with zero attached hydrogens (tertiary/aromatic N) is 2. The maximum Gasteiger partial charge on any atom is 0.245 e. The van der Waals surface area contributed by atoms with Crippen LogP contribution in [-0.4, -0.2) is 39.9 Å². The monoisotopic (exact) mass is 237 g/mol. The average molecular weight is 237 g/mol. The van der Waals surface area contributed by atoms with E-state index in [2.05, 4.69) is 10.3 Å². The van der Waals surface area contributed by atoms with Gasteiger partial charge in [-0.15, -0.1) is 11.8 Å². The van der Waals surface area contributed by atoms with Crippen LogP contribution >= 0.6 is 11.8 Å². The van der Waals surface area contributed by atoms with Gasteiger partial charge in [0.1, 0.15) is 12.4 Å². The molecular formula is C10H11N3O2S. The molecule has 0 unspecified atom stereocenters. The highest BCUT2D eigenvalue weighted by atomic mass is 32.2. The van der Waals surface area contributed by atoms with E-state index in [0.717, 1.165) is 0 Å². The SMILES string of the molecule is O=C(CN1CSCC1=O)Nc1ccccn1. The predicted molar refractivity (Wildman–Crippen MR) is 61.9 cm³/mol. The summed E-state index contributed by atoms with van der Waals surface area (Å²) < 4.78 is 0. The van der Waals surface area contributed by atoms with E-state index >= 15 is 0 Å². The van der Waals surface area contributed by atoms with Crippen LogP contribution in [0.15, 0.2) is 24.4 Å². The van der Waals surface area contributed by atoms with Crippen molar-refractivity contribution in [1.82, 2.24) is 9.88 Å². The molecule has 1 fully saturated rings. The lowest BCUT2D eigenvalue weighted by Crippen LogP contribution is -2.34. The molecule has 0 saturated carbocycles. The number of rotatable bonds is 3. The summed E-state index contributed by atoms with van der Waals surface area (Å²) in [7, 11) is 0. The van der Waals surface area contributed by atoms with Crippen molar-refractivity contribution in [3.05, 3.63) is 24.4 Å². The molecule has 6 heteroatoms. The van der Waals surface area contributed by atoms with Crippen molar-refractivity contribution >= 4 is 29.4 Å². The summed E-state index contributed by atoms with van der Waals surface area (Å²) in [5.41, 5.74) is 0. The number of thioether (sulfide) groups is 1. The zero-order valence-corrected chi connectivity index (χ0v) is 9.37. The molecule has 2 heterocycles. The van der Waals surface area contributed by atoms with Crippen LogP contribution < -0.4 is 5.32 Å². The molecule has 1 aromatic heterocycles. The van der Waals surface area contributed by atoms with Crippen molar-refractivity contribution in [1.29, 1.82) is 0 Å². The van der Waals surface area contributed by atoms with Crippen LogP contribution in [0.25, 0.3) is 0 Å². The molecule has 1 aliphatic heterocycles. The second kappa shape index (κ2) is 4.98. The minimum absolute atomic E-state index is 0.0150. The van der Waals surface area contributed by atoms with Crippen molar-refractivity contribution in [3.8, 4) is 0 Å². The number of hydrogen-bond acceptors (Lipinski definition) is 4. The van der Waals surface area contributed by atoms with E-state index in [1.807, 2.05) is 0 Å². The average Bonchev–Trinajstić information content (AvgIpc) is 2.66. The third kappa shape index (κ3) is 2.73. The molecular weight excluding hydrogens is 226 g/mol. The molecule has 2 amide bonds. The van der Waals surface area contributed by atoms with E-state index in [4.69, 9.17) is 0 Å². The lowest BCUT2D eigenvalue weighted by molar-refractivity contribution is -0.130. The van der Waals surface area contributed by atoms with Crippen LogP contribution in [0.1, 0.15) is 0 Å². The normalized spacial score (nSPS) is 15.2. The predicted octanol–water partition coefficient (Wildman–Crippen LogP) is 0.553. The molecule has 1 N–H and O–H groups in total. The zero-order valence-electron chi connectivity index (χ0n) is 8.55. The Labute approximate surface area is 97.2 Å². The van der Waals surface area contributed by atoms with Gasteiger partial charge in [-0.25, -0.2) is 4.98 Å². The topological polar surface area (TPSA) is 62.3 Å². The van der Waals surface area contributed by atoms with Crippen LogP contribution in [-0.2, 0) is 9.59 Å². The lowest BCUT2D eigenvalue weighted by Gasteiger charge is -2.13. The number of amides is 2. The summed E-state index contributed by atoms with van der Waals surface area (Å²) in [5.74, 6) is 1.37. The fourth-order valence-electron chi connectivity index (χ4n) is 1.33. The molecule has 0 atom stereocenters. The zero-order chi connectivity index (χ0) is 11.4. The minimum atomic E-state index is -0.213. The first kappa shape index (κ1) is 10.9. The Bertz CT molecular complexity index is 396. The van der Waals surface area contributed by atoms with Crippen molar-refractivity contribution in [3.63, 3.8) is 0 Å². The molecule has 0 bridgehead atoms. The first-order valence-corrected chi connectivity index (χ1v) is 5.97. The van der Waals surface area contributed by atoms with Gasteiger partial charge >= 0.3 is 0 Å². The highest BCUT2D eigenvalue weighted by Gasteiger charge is 2.22. The molecule has 84 valence electrons. The third-order valence-corrected chi connectivity index (χ3v) is 3.04. The van der Waals surface area contributed by atoms with Gasteiger partial charge < -0.3 is 10.2 Å². The van der Waals surface area contributed by atoms with Crippen LogP contribution in [0.2, 0.25) is 0 Å². The van der Waals surface area contributed by atoms with Crippen LogP contribution in [0.4, 0.5) is 5.82 Å². The maximum absolute atomic E-state index is 11.6. The Morgan fingerprint density at radius 3 is 3.06 bits per heavy atom. The van der Waals surface area contributed by atoms with Crippen LogP contribution in [0, 0.1) is 0 Å². The molecule has 5 nitrogen and oxygen atoms in total. The number of aromatic nitrogens is 1. The second-order valence-electron chi connectivity index (χ2n) is 3.33. The van der Waals surface area contributed by atoms with Crippen molar-refractivity contribution < 1.29 is 9.59 Å². The number of carbonyl (C=O) groups is 2. The third-order valence-electron chi connectivity index (χ3n) is 2.09. The Hall–Kier alpha value is -1.56. The highest BCUT2D eigenvalue weighted by molar-refractivity contribution is 8.00. The fourth-order valence-corrected chi connectivity index (χ4v) is 2.24. The van der Waals surface area contributed by atoms with Crippen LogP contribution in [0.3, 0.4) is 0 Å². The van der Waals surface area contributed by atoms with E-state index in [9.17, 15) is 9.59 Å². The van der Waals surface area contributed by atoms with E-state index in [0.29, 0.717) is 17.4 Å². The summed E-state index contributed by atoms with van der Waals surface area (Å²) in [6.45, 7) is 0.0996. The van der Waals surface area contributed by atoms with Gasteiger partial charge in [0.05, 0.1) is 11.6 Å². The van der Waals surface area contributed by atoms with E-state index < -0.39 is 0 Å². The van der Waals surface area contributed by atoms with Crippen molar-refractivity contribution in [2.45, 2.75) is 0 Å². The molecule has 0 spiro atoms. The molecule has 1 aromatic rings. The van der Waals surface area contributed by atoms with E-state index in [1.165, 1.54) is 16.7 Å². The van der Waals surface area contributed by atoms with E-state index in [-0.39, 0.29) is 18.4 Å². The molecule has 1 saturated heterocycles. The number of hydrogen-bond donors (Lipinski definition) is 1. The Kier molecular flexibility index (Phi) is 3.40. The Morgan fingerprint density at radius 1 is 1.56 bits per heavy atom. The first-order chi connectivity index (χ1) is 7.75.